The van der Waals surface area contributed by atoms with Gasteiger partial charge in [-0.15, -0.1) is 0 Å². The van der Waals surface area contributed by atoms with Gasteiger partial charge in [0.05, 0.1) is 0 Å². The predicted molar refractivity (Wildman–Crippen MR) is 121 cm³/mol. The van der Waals surface area contributed by atoms with Crippen molar-refractivity contribution in [1.29, 1.82) is 0 Å². The molecule has 2 aromatic carbocycles. The quantitative estimate of drug-likeness (QED) is 0.359. The monoisotopic (exact) mass is 376 g/mol. The summed E-state index contributed by atoms with van der Waals surface area (Å²) in [4.78, 5) is 0. The lowest BCUT2D eigenvalue weighted by Gasteiger charge is -2.22. The minimum Gasteiger partial charge on any atom is -0.489 e. The Morgan fingerprint density at radius 1 is 0.857 bits per heavy atom. The van der Waals surface area contributed by atoms with Gasteiger partial charge >= 0.3 is 0 Å². The van der Waals surface area contributed by atoms with Gasteiger partial charge in [-0.1, -0.05) is 100 Å². The van der Waals surface area contributed by atoms with E-state index < -0.39 is 0 Å². The van der Waals surface area contributed by atoms with Crippen LogP contribution < -0.4 is 4.74 Å². The van der Waals surface area contributed by atoms with Crippen LogP contribution >= 0.6 is 0 Å². The summed E-state index contributed by atoms with van der Waals surface area (Å²) in [6, 6.07) is 19.0. The Morgan fingerprint density at radius 3 is 2.32 bits per heavy atom. The smallest absolute Gasteiger partial charge is 0.119 e. The number of para-hydroxylation sites is 1. The minimum absolute atomic E-state index is 0.629. The molecular weight excluding hydrogens is 340 g/mol. The molecule has 0 fully saturated rings. The first-order valence-corrected chi connectivity index (χ1v) is 11.3. The van der Waals surface area contributed by atoms with Gasteiger partial charge in [0.2, 0.25) is 0 Å². The molecule has 0 aromatic heterocycles. The van der Waals surface area contributed by atoms with E-state index in [0.29, 0.717) is 6.61 Å². The molecule has 0 heterocycles. The Kier molecular flexibility index (Phi) is 8.68. The fourth-order valence-corrected chi connectivity index (χ4v) is 4.12. The van der Waals surface area contributed by atoms with Gasteiger partial charge < -0.3 is 4.74 Å². The summed E-state index contributed by atoms with van der Waals surface area (Å²) in [6.45, 7) is 2.92. The summed E-state index contributed by atoms with van der Waals surface area (Å²) >= 11 is 0. The minimum atomic E-state index is 0.629. The SMILES string of the molecule is CCCCCCCCC1CC=C(c2ccc(COc3ccccc3)cc2)CC1. The number of allylic oxidation sites excluding steroid dienone is 2. The van der Waals surface area contributed by atoms with E-state index in [0.717, 1.165) is 11.7 Å². The van der Waals surface area contributed by atoms with Crippen LogP contribution in [0, 0.1) is 5.92 Å². The van der Waals surface area contributed by atoms with Gasteiger partial charge in [-0.05, 0) is 54.0 Å². The Bertz CT molecular complexity index is 699. The van der Waals surface area contributed by atoms with Crippen LogP contribution in [0.5, 0.6) is 5.75 Å². The summed E-state index contributed by atoms with van der Waals surface area (Å²) in [6.07, 6.45) is 16.3. The van der Waals surface area contributed by atoms with Crippen molar-refractivity contribution >= 4 is 5.57 Å². The molecule has 1 aliphatic rings. The average Bonchev–Trinajstić information content (AvgIpc) is 2.76. The van der Waals surface area contributed by atoms with Crippen molar-refractivity contribution < 1.29 is 4.74 Å². The maximum absolute atomic E-state index is 5.85. The van der Waals surface area contributed by atoms with E-state index in [9.17, 15) is 0 Å². The summed E-state index contributed by atoms with van der Waals surface area (Å²) in [5.41, 5.74) is 4.15. The summed E-state index contributed by atoms with van der Waals surface area (Å²) in [7, 11) is 0. The van der Waals surface area contributed by atoms with E-state index in [2.05, 4.69) is 37.3 Å². The molecule has 0 aliphatic heterocycles. The second kappa shape index (κ2) is 11.7. The lowest BCUT2D eigenvalue weighted by atomic mass is 9.83. The van der Waals surface area contributed by atoms with E-state index in [1.807, 2.05) is 30.3 Å². The molecule has 2 aromatic rings. The fraction of sp³-hybridized carbons (Fsp3) is 0.481. The highest BCUT2D eigenvalue weighted by Gasteiger charge is 2.15. The zero-order valence-electron chi connectivity index (χ0n) is 17.5. The van der Waals surface area contributed by atoms with Crippen LogP contribution in [0.25, 0.3) is 5.57 Å². The second-order valence-electron chi connectivity index (χ2n) is 8.22. The van der Waals surface area contributed by atoms with E-state index in [1.54, 1.807) is 0 Å². The van der Waals surface area contributed by atoms with Gasteiger partial charge in [0.25, 0.3) is 0 Å². The van der Waals surface area contributed by atoms with E-state index in [-0.39, 0.29) is 0 Å². The summed E-state index contributed by atoms with van der Waals surface area (Å²) in [5.74, 6) is 1.84. The first kappa shape index (κ1) is 20.7. The topological polar surface area (TPSA) is 9.23 Å². The number of hydrogen-bond donors (Lipinski definition) is 0. The predicted octanol–water partition coefficient (Wildman–Crippen LogP) is 8.20. The van der Waals surface area contributed by atoms with Crippen molar-refractivity contribution in [2.75, 3.05) is 0 Å². The van der Waals surface area contributed by atoms with E-state index in [1.165, 1.54) is 80.9 Å². The third-order valence-electron chi connectivity index (χ3n) is 5.96. The van der Waals surface area contributed by atoms with Crippen molar-refractivity contribution in [2.45, 2.75) is 77.7 Å². The molecule has 0 radical (unpaired) electrons. The molecule has 1 atom stereocenters. The molecule has 1 nitrogen and oxygen atoms in total. The van der Waals surface area contributed by atoms with Crippen LogP contribution in [-0.4, -0.2) is 0 Å². The van der Waals surface area contributed by atoms with Crippen molar-refractivity contribution in [3.05, 3.63) is 71.8 Å². The Labute approximate surface area is 171 Å². The van der Waals surface area contributed by atoms with Gasteiger partial charge in [-0.2, -0.15) is 0 Å². The molecule has 150 valence electrons. The number of hydrogen-bond acceptors (Lipinski definition) is 1. The van der Waals surface area contributed by atoms with Crippen LogP contribution in [0.1, 0.15) is 82.3 Å². The van der Waals surface area contributed by atoms with Crippen LogP contribution in [0.3, 0.4) is 0 Å². The normalized spacial score (nSPS) is 16.6. The maximum atomic E-state index is 5.85. The van der Waals surface area contributed by atoms with Crippen molar-refractivity contribution in [3.8, 4) is 5.75 Å². The molecule has 0 saturated heterocycles. The first-order valence-electron chi connectivity index (χ1n) is 11.3. The van der Waals surface area contributed by atoms with Crippen LogP contribution in [-0.2, 0) is 6.61 Å². The lowest BCUT2D eigenvalue weighted by Crippen LogP contribution is -2.05. The molecule has 0 bridgehead atoms. The van der Waals surface area contributed by atoms with Gasteiger partial charge in [0.15, 0.2) is 0 Å². The van der Waals surface area contributed by atoms with Crippen molar-refractivity contribution in [3.63, 3.8) is 0 Å². The first-order chi connectivity index (χ1) is 13.8. The van der Waals surface area contributed by atoms with Gasteiger partial charge in [-0.25, -0.2) is 0 Å². The van der Waals surface area contributed by atoms with Crippen LogP contribution in [0.4, 0.5) is 0 Å². The molecule has 0 amide bonds. The molecule has 0 saturated carbocycles. The Hall–Kier alpha value is -2.02. The van der Waals surface area contributed by atoms with Crippen molar-refractivity contribution in [1.82, 2.24) is 0 Å². The lowest BCUT2D eigenvalue weighted by molar-refractivity contribution is 0.306. The Morgan fingerprint density at radius 2 is 1.61 bits per heavy atom. The van der Waals surface area contributed by atoms with Crippen LogP contribution in [0.2, 0.25) is 0 Å². The van der Waals surface area contributed by atoms with Crippen LogP contribution in [0.15, 0.2) is 60.7 Å². The molecule has 1 heteroatoms. The highest BCUT2D eigenvalue weighted by Crippen LogP contribution is 2.33. The molecule has 1 unspecified atom stereocenters. The average molecular weight is 377 g/mol. The number of rotatable bonds is 11. The summed E-state index contributed by atoms with van der Waals surface area (Å²) in [5, 5.41) is 0. The Balaban J connectivity index is 1.40. The molecule has 0 spiro atoms. The second-order valence-corrected chi connectivity index (χ2v) is 8.22. The van der Waals surface area contributed by atoms with Gasteiger partial charge in [-0.3, -0.25) is 0 Å². The van der Waals surface area contributed by atoms with E-state index >= 15 is 0 Å². The molecule has 28 heavy (non-hydrogen) atoms. The van der Waals surface area contributed by atoms with E-state index in [4.69, 9.17) is 4.74 Å². The maximum Gasteiger partial charge on any atom is 0.119 e. The zero-order chi connectivity index (χ0) is 19.4. The molecule has 0 N–H and O–H groups in total. The van der Waals surface area contributed by atoms with Crippen molar-refractivity contribution in [2.24, 2.45) is 5.92 Å². The number of unbranched alkanes of at least 4 members (excludes halogenated alkanes) is 5. The molecule has 3 rings (SSSR count). The van der Waals surface area contributed by atoms with Gasteiger partial charge in [0, 0.05) is 0 Å². The largest absolute Gasteiger partial charge is 0.489 e. The third-order valence-corrected chi connectivity index (χ3v) is 5.96. The fourth-order valence-electron chi connectivity index (χ4n) is 4.12. The standard InChI is InChI=1S/C27H36O/c1-2-3-4-5-6-8-11-23-14-18-25(19-15-23)26-20-16-24(17-21-26)22-28-27-12-9-7-10-13-27/h7,9-10,12-13,16-18,20-21,23H,2-6,8,11,14-15,19,22H2,1H3. The molecule has 1 aliphatic carbocycles. The highest BCUT2D eigenvalue weighted by molar-refractivity contribution is 5.66. The number of ether oxygens (including phenoxy) is 1. The summed E-state index contributed by atoms with van der Waals surface area (Å²) < 4.78 is 5.85. The molecular formula is C27H36O. The van der Waals surface area contributed by atoms with Gasteiger partial charge in [0.1, 0.15) is 12.4 Å². The zero-order valence-corrected chi connectivity index (χ0v) is 17.5. The highest BCUT2D eigenvalue weighted by atomic mass is 16.5. The number of benzene rings is 2. The third kappa shape index (κ3) is 6.86.